The number of hydrogen-bond donors (Lipinski definition) is 0. The van der Waals surface area contributed by atoms with Gasteiger partial charge in [-0.3, -0.25) is 9.78 Å². The molecule has 0 radical (unpaired) electrons. The summed E-state index contributed by atoms with van der Waals surface area (Å²) in [6.07, 6.45) is 4.80. The highest BCUT2D eigenvalue weighted by Crippen LogP contribution is 2.36. The van der Waals surface area contributed by atoms with Crippen LogP contribution < -0.4 is 9.47 Å². The van der Waals surface area contributed by atoms with E-state index in [1.165, 1.54) is 0 Å². The number of nitrogens with zero attached hydrogens (tertiary/aromatic N) is 2. The lowest BCUT2D eigenvalue weighted by Gasteiger charge is -2.18. The summed E-state index contributed by atoms with van der Waals surface area (Å²) < 4.78 is 10.8. The Balaban J connectivity index is 1.70. The Morgan fingerprint density at radius 2 is 2.17 bits per heavy atom. The van der Waals surface area contributed by atoms with Gasteiger partial charge in [-0.1, -0.05) is 6.07 Å². The van der Waals surface area contributed by atoms with Crippen molar-refractivity contribution in [2.24, 2.45) is 0 Å². The molecule has 0 N–H and O–H groups in total. The molecule has 0 saturated carbocycles. The largest absolute Gasteiger partial charge is 0.497 e. The summed E-state index contributed by atoms with van der Waals surface area (Å²) in [5.41, 5.74) is 2.05. The smallest absolute Gasteiger partial charge is 0.227 e. The summed E-state index contributed by atoms with van der Waals surface area (Å²) in [7, 11) is 3.33. The minimum Gasteiger partial charge on any atom is -0.497 e. The molecule has 1 amide bonds. The average molecular weight is 326 g/mol. The first kappa shape index (κ1) is 16.3. The van der Waals surface area contributed by atoms with Gasteiger partial charge in [0.05, 0.1) is 20.6 Å². The van der Waals surface area contributed by atoms with Gasteiger partial charge in [-0.05, 0) is 36.2 Å². The zero-order valence-electron chi connectivity index (χ0n) is 14.1. The number of hydrogen-bond acceptors (Lipinski definition) is 4. The van der Waals surface area contributed by atoms with Crippen molar-refractivity contribution in [2.45, 2.75) is 18.8 Å². The Morgan fingerprint density at radius 1 is 1.29 bits per heavy atom. The number of pyridine rings is 1. The monoisotopic (exact) mass is 326 g/mol. The van der Waals surface area contributed by atoms with Gasteiger partial charge in [-0.2, -0.15) is 0 Å². The second-order valence-corrected chi connectivity index (χ2v) is 5.97. The van der Waals surface area contributed by atoms with Crippen molar-refractivity contribution in [3.05, 3.63) is 53.9 Å². The first-order chi connectivity index (χ1) is 11.7. The van der Waals surface area contributed by atoms with Gasteiger partial charge < -0.3 is 14.4 Å². The third-order valence-electron chi connectivity index (χ3n) is 4.50. The molecule has 1 aliphatic heterocycles. The van der Waals surface area contributed by atoms with Gasteiger partial charge in [0.1, 0.15) is 11.5 Å². The van der Waals surface area contributed by atoms with Crippen molar-refractivity contribution in [3.8, 4) is 11.5 Å². The summed E-state index contributed by atoms with van der Waals surface area (Å²) in [6, 6.07) is 9.62. The zero-order chi connectivity index (χ0) is 16.9. The number of methoxy groups -OCH3 is 2. The topological polar surface area (TPSA) is 51.7 Å². The van der Waals surface area contributed by atoms with Gasteiger partial charge in [0.2, 0.25) is 5.91 Å². The number of carbonyl (C=O) groups excluding carboxylic acids is 1. The normalized spacial score (nSPS) is 16.9. The molecule has 5 heteroatoms. The van der Waals surface area contributed by atoms with Crippen molar-refractivity contribution in [1.82, 2.24) is 9.88 Å². The van der Waals surface area contributed by atoms with Crippen LogP contribution in [0.5, 0.6) is 11.5 Å². The second-order valence-electron chi connectivity index (χ2n) is 5.97. The van der Waals surface area contributed by atoms with E-state index in [0.29, 0.717) is 13.0 Å². The highest BCUT2D eigenvalue weighted by molar-refractivity contribution is 5.79. The third-order valence-corrected chi connectivity index (χ3v) is 4.50. The molecule has 24 heavy (non-hydrogen) atoms. The fraction of sp³-hybridized carbons (Fsp3) is 0.368. The Morgan fingerprint density at radius 3 is 2.88 bits per heavy atom. The van der Waals surface area contributed by atoms with Gasteiger partial charge in [-0.15, -0.1) is 0 Å². The quantitative estimate of drug-likeness (QED) is 0.848. The van der Waals surface area contributed by atoms with Crippen LogP contribution in [0.2, 0.25) is 0 Å². The Kier molecular flexibility index (Phi) is 4.99. The van der Waals surface area contributed by atoms with Gasteiger partial charge in [0.25, 0.3) is 0 Å². The Hall–Kier alpha value is -2.56. The summed E-state index contributed by atoms with van der Waals surface area (Å²) in [4.78, 5) is 18.5. The fourth-order valence-electron chi connectivity index (χ4n) is 3.19. The van der Waals surface area contributed by atoms with E-state index in [2.05, 4.69) is 4.98 Å². The van der Waals surface area contributed by atoms with Crippen LogP contribution in [0.4, 0.5) is 0 Å². The van der Waals surface area contributed by atoms with Crippen LogP contribution in [0, 0.1) is 0 Å². The van der Waals surface area contributed by atoms with Gasteiger partial charge >= 0.3 is 0 Å². The molecule has 126 valence electrons. The summed E-state index contributed by atoms with van der Waals surface area (Å²) in [6.45, 7) is 1.48. The van der Waals surface area contributed by atoms with E-state index in [0.717, 1.165) is 35.6 Å². The van der Waals surface area contributed by atoms with Crippen LogP contribution in [0.15, 0.2) is 42.7 Å². The molecule has 1 saturated heterocycles. The summed E-state index contributed by atoms with van der Waals surface area (Å²) in [5.74, 6) is 2.08. The predicted octanol–water partition coefficient (Wildman–Crippen LogP) is 2.66. The van der Waals surface area contributed by atoms with Crippen LogP contribution in [-0.2, 0) is 11.2 Å². The maximum Gasteiger partial charge on any atom is 0.227 e. The summed E-state index contributed by atoms with van der Waals surface area (Å²) in [5, 5.41) is 0. The lowest BCUT2D eigenvalue weighted by atomic mass is 9.97. The minimum absolute atomic E-state index is 0.146. The number of benzene rings is 1. The van der Waals surface area contributed by atoms with Crippen molar-refractivity contribution in [3.63, 3.8) is 0 Å². The number of likely N-dealkylation sites (tertiary alicyclic amines) is 1. The van der Waals surface area contributed by atoms with E-state index in [1.54, 1.807) is 26.6 Å². The van der Waals surface area contributed by atoms with E-state index in [-0.39, 0.29) is 11.8 Å². The molecular weight excluding hydrogens is 304 g/mol. The molecule has 1 aromatic carbocycles. The van der Waals surface area contributed by atoms with E-state index in [1.807, 2.05) is 35.2 Å². The molecule has 0 spiro atoms. The van der Waals surface area contributed by atoms with E-state index in [4.69, 9.17) is 9.47 Å². The zero-order valence-corrected chi connectivity index (χ0v) is 14.1. The number of aromatic nitrogens is 1. The highest BCUT2D eigenvalue weighted by atomic mass is 16.5. The molecule has 0 aliphatic carbocycles. The van der Waals surface area contributed by atoms with Crippen molar-refractivity contribution in [2.75, 3.05) is 27.3 Å². The van der Waals surface area contributed by atoms with Crippen molar-refractivity contribution in [1.29, 1.82) is 0 Å². The molecule has 3 rings (SSSR count). The average Bonchev–Trinajstić information content (AvgIpc) is 3.12. The van der Waals surface area contributed by atoms with Gasteiger partial charge in [0, 0.05) is 37.0 Å². The maximum absolute atomic E-state index is 12.5. The standard InChI is InChI=1S/C19H22N2O3/c1-23-16-5-6-18(24-2)17(11-16)15-7-9-21(13-15)19(22)10-14-4-3-8-20-12-14/h3-6,8,11-12,15H,7,9-10,13H2,1-2H3/t15-/m0/s1. The molecule has 1 aromatic heterocycles. The number of ether oxygens (including phenoxy) is 2. The molecule has 0 unspecified atom stereocenters. The minimum atomic E-state index is 0.146. The fourth-order valence-corrected chi connectivity index (χ4v) is 3.19. The summed E-state index contributed by atoms with van der Waals surface area (Å²) >= 11 is 0. The van der Waals surface area contributed by atoms with E-state index in [9.17, 15) is 4.79 Å². The molecule has 1 atom stereocenters. The third kappa shape index (κ3) is 3.50. The number of amides is 1. The van der Waals surface area contributed by atoms with Crippen LogP contribution in [0.1, 0.15) is 23.5 Å². The number of rotatable bonds is 5. The van der Waals surface area contributed by atoms with Crippen LogP contribution >= 0.6 is 0 Å². The molecule has 1 aliphatic rings. The number of carbonyl (C=O) groups is 1. The molecule has 2 aromatic rings. The van der Waals surface area contributed by atoms with E-state index < -0.39 is 0 Å². The van der Waals surface area contributed by atoms with Gasteiger partial charge in [-0.25, -0.2) is 0 Å². The van der Waals surface area contributed by atoms with Crippen LogP contribution in [-0.4, -0.2) is 43.1 Å². The van der Waals surface area contributed by atoms with Gasteiger partial charge in [0.15, 0.2) is 0 Å². The molecule has 2 heterocycles. The lowest BCUT2D eigenvalue weighted by molar-refractivity contribution is -0.129. The Bertz CT molecular complexity index is 703. The SMILES string of the molecule is COc1ccc(OC)c([C@H]2CCN(C(=O)Cc3cccnc3)C2)c1. The van der Waals surface area contributed by atoms with E-state index >= 15 is 0 Å². The highest BCUT2D eigenvalue weighted by Gasteiger charge is 2.29. The van der Waals surface area contributed by atoms with Crippen molar-refractivity contribution < 1.29 is 14.3 Å². The first-order valence-electron chi connectivity index (χ1n) is 8.10. The maximum atomic E-state index is 12.5. The van der Waals surface area contributed by atoms with Crippen molar-refractivity contribution >= 4 is 5.91 Å². The molecule has 1 fully saturated rings. The molecular formula is C19H22N2O3. The second kappa shape index (κ2) is 7.34. The first-order valence-corrected chi connectivity index (χ1v) is 8.10. The lowest BCUT2D eigenvalue weighted by Crippen LogP contribution is -2.29. The molecule has 5 nitrogen and oxygen atoms in total. The predicted molar refractivity (Wildman–Crippen MR) is 91.4 cm³/mol. The van der Waals surface area contributed by atoms with Crippen LogP contribution in [0.25, 0.3) is 0 Å². The van der Waals surface area contributed by atoms with Crippen LogP contribution in [0.3, 0.4) is 0 Å². The molecule has 0 bridgehead atoms. The Labute approximate surface area is 142 Å².